The van der Waals surface area contributed by atoms with Crippen molar-refractivity contribution in [3.05, 3.63) is 53.1 Å². The van der Waals surface area contributed by atoms with Gasteiger partial charge < -0.3 is 15.0 Å². The van der Waals surface area contributed by atoms with Crippen molar-refractivity contribution in [2.45, 2.75) is 53.7 Å². The highest BCUT2D eigenvalue weighted by molar-refractivity contribution is 6.01. The molecule has 0 saturated carbocycles. The number of ether oxygens (including phenoxy) is 1. The number of fused-ring (bicyclic) bond motifs is 1. The van der Waals surface area contributed by atoms with E-state index in [1.54, 1.807) is 25.1 Å². The zero-order chi connectivity index (χ0) is 22.2. The van der Waals surface area contributed by atoms with Crippen molar-refractivity contribution < 1.29 is 23.1 Å². The molecule has 1 atom stereocenters. The summed E-state index contributed by atoms with van der Waals surface area (Å²) in [5, 5.41) is 2.64. The third-order valence-electron chi connectivity index (χ3n) is 4.78. The van der Waals surface area contributed by atoms with Gasteiger partial charge >= 0.3 is 0 Å². The second kappa shape index (κ2) is 8.05. The Morgan fingerprint density at radius 1 is 1.23 bits per heavy atom. The maximum atomic E-state index is 15.3. The molecule has 1 aliphatic heterocycles. The predicted octanol–water partition coefficient (Wildman–Crippen LogP) is 4.96. The molecule has 2 amide bonds. The van der Waals surface area contributed by atoms with Crippen LogP contribution in [0.1, 0.15) is 45.2 Å². The van der Waals surface area contributed by atoms with Crippen molar-refractivity contribution in [3.8, 4) is 5.75 Å². The Labute approximate surface area is 175 Å². The Hall–Kier alpha value is -2.96. The molecule has 3 rings (SSSR count). The van der Waals surface area contributed by atoms with Crippen molar-refractivity contribution >= 4 is 23.2 Å². The maximum absolute atomic E-state index is 15.3. The molecule has 1 N–H and O–H groups in total. The first kappa shape index (κ1) is 21.7. The van der Waals surface area contributed by atoms with Crippen molar-refractivity contribution in [1.82, 2.24) is 0 Å². The molecule has 1 aliphatic rings. The number of benzene rings is 2. The van der Waals surface area contributed by atoms with Crippen LogP contribution in [0.2, 0.25) is 0 Å². The highest BCUT2D eigenvalue weighted by Crippen LogP contribution is 2.42. The second-order valence-electron chi connectivity index (χ2n) is 8.83. The topological polar surface area (TPSA) is 58.6 Å². The van der Waals surface area contributed by atoms with Crippen molar-refractivity contribution in [1.29, 1.82) is 0 Å². The minimum atomic E-state index is -0.915. The van der Waals surface area contributed by atoms with Gasteiger partial charge in [0.25, 0.3) is 5.91 Å². The monoisotopic (exact) mass is 416 g/mol. The summed E-state index contributed by atoms with van der Waals surface area (Å²) in [5.41, 5.74) is 1.08. The molecule has 0 fully saturated rings. The highest BCUT2D eigenvalue weighted by Gasteiger charge is 2.35. The maximum Gasteiger partial charge on any atom is 0.268 e. The number of hydrogen-bond donors (Lipinski definition) is 1. The van der Waals surface area contributed by atoms with Gasteiger partial charge in [0, 0.05) is 6.42 Å². The molecule has 1 unspecified atom stereocenters. The molecule has 5 nitrogen and oxygen atoms in total. The number of nitrogens with zero attached hydrogens (tertiary/aromatic N) is 1. The summed E-state index contributed by atoms with van der Waals surface area (Å²) in [6.07, 6.45) is -0.689. The summed E-state index contributed by atoms with van der Waals surface area (Å²) < 4.78 is 34.5. The predicted molar refractivity (Wildman–Crippen MR) is 112 cm³/mol. The van der Waals surface area contributed by atoms with Crippen LogP contribution in [0.15, 0.2) is 30.3 Å². The number of carbonyl (C=O) groups excluding carboxylic acids is 2. The molecule has 0 aliphatic carbocycles. The first-order chi connectivity index (χ1) is 14.0. The number of nitrogens with one attached hydrogen (secondary N) is 1. The van der Waals surface area contributed by atoms with E-state index in [-0.39, 0.29) is 47.3 Å². The zero-order valence-electron chi connectivity index (χ0n) is 17.8. The van der Waals surface area contributed by atoms with Crippen LogP contribution in [-0.4, -0.2) is 17.9 Å². The normalized spacial score (nSPS) is 16.2. The SMILES string of the molecule is Cc1cc2c(c(F)c1NC(=O)CC(C)(C)C)OC(C)C(=O)N2Cc1cccc(F)c1. The van der Waals surface area contributed by atoms with Crippen LogP contribution in [0, 0.1) is 24.0 Å². The van der Waals surface area contributed by atoms with E-state index in [1.807, 2.05) is 20.8 Å². The van der Waals surface area contributed by atoms with Gasteiger partial charge in [-0.1, -0.05) is 32.9 Å². The Morgan fingerprint density at radius 2 is 1.93 bits per heavy atom. The lowest BCUT2D eigenvalue weighted by Crippen LogP contribution is -2.44. The highest BCUT2D eigenvalue weighted by atomic mass is 19.1. The fourth-order valence-corrected chi connectivity index (χ4v) is 3.42. The quantitative estimate of drug-likeness (QED) is 0.766. The number of hydrogen-bond acceptors (Lipinski definition) is 3. The van der Waals surface area contributed by atoms with Crippen LogP contribution in [0.25, 0.3) is 0 Å². The average Bonchev–Trinajstić information content (AvgIpc) is 2.62. The van der Waals surface area contributed by atoms with E-state index in [0.717, 1.165) is 0 Å². The summed E-state index contributed by atoms with van der Waals surface area (Å²) in [6.45, 7) is 9.02. The number of halogens is 2. The largest absolute Gasteiger partial charge is 0.476 e. The smallest absolute Gasteiger partial charge is 0.268 e. The van der Waals surface area contributed by atoms with E-state index in [2.05, 4.69) is 5.32 Å². The molecular weight excluding hydrogens is 390 g/mol. The molecule has 160 valence electrons. The average molecular weight is 416 g/mol. The molecule has 2 aromatic rings. The van der Waals surface area contributed by atoms with Gasteiger partial charge in [0.15, 0.2) is 17.7 Å². The van der Waals surface area contributed by atoms with Crippen LogP contribution in [-0.2, 0) is 16.1 Å². The van der Waals surface area contributed by atoms with E-state index in [9.17, 15) is 14.0 Å². The Kier molecular flexibility index (Phi) is 5.83. The third kappa shape index (κ3) is 4.61. The van der Waals surface area contributed by atoms with Crippen LogP contribution in [0.4, 0.5) is 20.2 Å². The first-order valence-corrected chi connectivity index (χ1v) is 9.81. The van der Waals surface area contributed by atoms with Gasteiger partial charge in [-0.2, -0.15) is 0 Å². The van der Waals surface area contributed by atoms with E-state index in [1.165, 1.54) is 24.0 Å². The van der Waals surface area contributed by atoms with Crippen LogP contribution >= 0.6 is 0 Å². The molecule has 7 heteroatoms. The van der Waals surface area contributed by atoms with E-state index in [0.29, 0.717) is 11.1 Å². The zero-order valence-corrected chi connectivity index (χ0v) is 17.8. The number of carbonyl (C=O) groups is 2. The van der Waals surface area contributed by atoms with Crippen LogP contribution < -0.4 is 15.0 Å². The minimum Gasteiger partial charge on any atom is -0.476 e. The minimum absolute atomic E-state index is 0.0373. The molecular formula is C23H26F2N2O3. The second-order valence-corrected chi connectivity index (χ2v) is 8.83. The molecule has 1 heterocycles. The van der Waals surface area contributed by atoms with Gasteiger partial charge in [-0.15, -0.1) is 0 Å². The number of amides is 2. The number of aryl methyl sites for hydroxylation is 1. The summed E-state index contributed by atoms with van der Waals surface area (Å²) in [6, 6.07) is 7.50. The Balaban J connectivity index is 1.99. The molecule has 0 spiro atoms. The van der Waals surface area contributed by atoms with Gasteiger partial charge in [-0.25, -0.2) is 8.78 Å². The summed E-state index contributed by atoms with van der Waals surface area (Å²) in [5.74, 6) is -1.90. The molecule has 2 aromatic carbocycles. The van der Waals surface area contributed by atoms with Gasteiger partial charge in [-0.05, 0) is 48.6 Å². The number of rotatable bonds is 4. The molecule has 0 radical (unpaired) electrons. The Morgan fingerprint density at radius 3 is 2.57 bits per heavy atom. The first-order valence-electron chi connectivity index (χ1n) is 9.81. The lowest BCUT2D eigenvalue weighted by Gasteiger charge is -2.34. The number of anilines is 2. The molecule has 0 bridgehead atoms. The van der Waals surface area contributed by atoms with E-state index < -0.39 is 17.7 Å². The van der Waals surface area contributed by atoms with Crippen molar-refractivity contribution in [2.24, 2.45) is 5.41 Å². The van der Waals surface area contributed by atoms with Gasteiger partial charge in [0.1, 0.15) is 5.82 Å². The summed E-state index contributed by atoms with van der Waals surface area (Å²) in [7, 11) is 0. The lowest BCUT2D eigenvalue weighted by molar-refractivity contribution is -0.125. The van der Waals surface area contributed by atoms with Gasteiger partial charge in [0.2, 0.25) is 5.91 Å². The fourth-order valence-electron chi connectivity index (χ4n) is 3.42. The lowest BCUT2D eigenvalue weighted by atomic mass is 9.92. The van der Waals surface area contributed by atoms with Crippen LogP contribution in [0.3, 0.4) is 0 Å². The van der Waals surface area contributed by atoms with Crippen molar-refractivity contribution in [2.75, 3.05) is 10.2 Å². The molecule has 0 saturated heterocycles. The van der Waals surface area contributed by atoms with Gasteiger partial charge in [-0.3, -0.25) is 9.59 Å². The fraction of sp³-hybridized carbons (Fsp3) is 0.391. The van der Waals surface area contributed by atoms with Crippen LogP contribution in [0.5, 0.6) is 5.75 Å². The van der Waals surface area contributed by atoms with Crippen molar-refractivity contribution in [3.63, 3.8) is 0 Å². The van der Waals surface area contributed by atoms with E-state index >= 15 is 4.39 Å². The summed E-state index contributed by atoms with van der Waals surface area (Å²) >= 11 is 0. The van der Waals surface area contributed by atoms with Gasteiger partial charge in [0.05, 0.1) is 17.9 Å². The third-order valence-corrected chi connectivity index (χ3v) is 4.78. The molecule has 0 aromatic heterocycles. The van der Waals surface area contributed by atoms with E-state index in [4.69, 9.17) is 4.74 Å². The molecule has 30 heavy (non-hydrogen) atoms. The standard InChI is InChI=1S/C23H26F2N2O3/c1-13-9-17-21(19(25)20(13)26-18(28)11-23(3,4)5)30-14(2)22(29)27(17)12-15-7-6-8-16(24)10-15/h6-10,14H,11-12H2,1-5H3,(H,26,28). The Bertz CT molecular complexity index is 999. The summed E-state index contributed by atoms with van der Waals surface area (Å²) in [4.78, 5) is 26.5.